The lowest BCUT2D eigenvalue weighted by Crippen LogP contribution is -2.19. The second-order valence-corrected chi connectivity index (χ2v) is 2.51. The van der Waals surface area contributed by atoms with Crippen molar-refractivity contribution >= 4 is 0 Å². The van der Waals surface area contributed by atoms with E-state index in [9.17, 15) is 0 Å². The maximum absolute atomic E-state index is 8.30. The highest BCUT2D eigenvalue weighted by molar-refractivity contribution is 4.74. The first-order chi connectivity index (χ1) is 5.31. The van der Waals surface area contributed by atoms with Crippen LogP contribution in [0.25, 0.3) is 0 Å². The highest BCUT2D eigenvalue weighted by Crippen LogP contribution is 1.95. The monoisotopic (exact) mass is 151 g/mol. The molecule has 11 heavy (non-hydrogen) atoms. The van der Waals surface area contributed by atoms with Crippen LogP contribution in [0.1, 0.15) is 19.3 Å². The number of hydrogen-bond acceptors (Lipinski definition) is 3. The highest BCUT2D eigenvalue weighted by Gasteiger charge is 1.94. The summed E-state index contributed by atoms with van der Waals surface area (Å²) in [7, 11) is 1.91. The van der Waals surface area contributed by atoms with E-state index in [1.165, 1.54) is 0 Å². The number of nitriles is 2. The van der Waals surface area contributed by atoms with Crippen LogP contribution in [0.2, 0.25) is 0 Å². The minimum absolute atomic E-state index is 0.479. The molecule has 60 valence electrons. The number of nitrogens with zero attached hydrogens (tertiary/aromatic N) is 3. The Balaban J connectivity index is 3.13. The molecule has 0 aliphatic heterocycles. The summed E-state index contributed by atoms with van der Waals surface area (Å²) in [6, 6.07) is 4.16. The Morgan fingerprint density at radius 1 is 1.18 bits per heavy atom. The van der Waals surface area contributed by atoms with E-state index in [2.05, 4.69) is 12.1 Å². The van der Waals surface area contributed by atoms with E-state index in [1.807, 2.05) is 11.9 Å². The molecule has 0 aromatic carbocycles. The van der Waals surface area contributed by atoms with Gasteiger partial charge in [-0.1, -0.05) is 0 Å². The zero-order valence-corrected chi connectivity index (χ0v) is 6.88. The molecule has 0 aliphatic carbocycles. The van der Waals surface area contributed by atoms with Crippen LogP contribution < -0.4 is 0 Å². The number of unbranched alkanes of at least 4 members (excludes halogenated alkanes) is 2. The molecule has 0 spiro atoms. The summed E-state index contributed by atoms with van der Waals surface area (Å²) in [5.41, 5.74) is 0. The lowest BCUT2D eigenvalue weighted by Gasteiger charge is -2.10. The van der Waals surface area contributed by atoms with Gasteiger partial charge in [0.15, 0.2) is 0 Å². The summed E-state index contributed by atoms with van der Waals surface area (Å²) >= 11 is 0. The predicted molar refractivity (Wildman–Crippen MR) is 42.6 cm³/mol. The maximum Gasteiger partial charge on any atom is 0.0863 e. The molecule has 0 aromatic heterocycles. The van der Waals surface area contributed by atoms with E-state index >= 15 is 0 Å². The van der Waals surface area contributed by atoms with Crippen molar-refractivity contribution in [3.05, 3.63) is 0 Å². The zero-order valence-electron chi connectivity index (χ0n) is 6.88. The lowest BCUT2D eigenvalue weighted by atomic mass is 10.2. The minimum Gasteiger partial charge on any atom is -0.294 e. The number of rotatable bonds is 5. The van der Waals surface area contributed by atoms with Gasteiger partial charge in [-0.25, -0.2) is 0 Å². The van der Waals surface area contributed by atoms with Crippen molar-refractivity contribution in [1.82, 2.24) is 4.90 Å². The van der Waals surface area contributed by atoms with Gasteiger partial charge in [0.05, 0.1) is 18.7 Å². The first-order valence-electron chi connectivity index (χ1n) is 3.73. The van der Waals surface area contributed by atoms with Gasteiger partial charge in [-0.05, 0) is 26.4 Å². The molecule has 0 bridgehead atoms. The standard InChI is InChI=1S/C8H13N3/c1-11(8-6-10)7-4-2-3-5-9/h2-4,7-8H2,1H3. The van der Waals surface area contributed by atoms with Gasteiger partial charge < -0.3 is 0 Å². The van der Waals surface area contributed by atoms with E-state index in [-0.39, 0.29) is 0 Å². The van der Waals surface area contributed by atoms with Crippen molar-refractivity contribution in [2.24, 2.45) is 0 Å². The van der Waals surface area contributed by atoms with Gasteiger partial charge in [-0.15, -0.1) is 0 Å². The number of hydrogen-bond donors (Lipinski definition) is 0. The average Bonchev–Trinajstić information content (AvgIpc) is 1.99. The SMILES string of the molecule is CN(CC#N)CCCCC#N. The van der Waals surface area contributed by atoms with Crippen LogP contribution in [0.5, 0.6) is 0 Å². The smallest absolute Gasteiger partial charge is 0.0863 e. The molecule has 0 aromatic rings. The fraction of sp³-hybridized carbons (Fsp3) is 0.750. The second kappa shape index (κ2) is 7.05. The maximum atomic E-state index is 8.30. The Kier molecular flexibility index (Phi) is 6.37. The van der Waals surface area contributed by atoms with Gasteiger partial charge in [-0.2, -0.15) is 10.5 Å². The normalized spacial score (nSPS) is 9.09. The summed E-state index contributed by atoms with van der Waals surface area (Å²) in [5.74, 6) is 0. The summed E-state index contributed by atoms with van der Waals surface area (Å²) in [5, 5.41) is 16.5. The molecular weight excluding hydrogens is 138 g/mol. The molecule has 0 saturated heterocycles. The van der Waals surface area contributed by atoms with E-state index in [0.29, 0.717) is 13.0 Å². The first-order valence-corrected chi connectivity index (χ1v) is 3.73. The van der Waals surface area contributed by atoms with Crippen LogP contribution in [0.3, 0.4) is 0 Å². The van der Waals surface area contributed by atoms with Crippen LogP contribution in [0.4, 0.5) is 0 Å². The molecule has 3 nitrogen and oxygen atoms in total. The Bertz CT molecular complexity index is 163. The van der Waals surface area contributed by atoms with Crippen molar-refractivity contribution in [3.8, 4) is 12.1 Å². The van der Waals surface area contributed by atoms with Gasteiger partial charge in [0.1, 0.15) is 0 Å². The van der Waals surface area contributed by atoms with Crippen molar-refractivity contribution in [3.63, 3.8) is 0 Å². The first kappa shape index (κ1) is 9.94. The minimum atomic E-state index is 0.479. The summed E-state index contributed by atoms with van der Waals surface area (Å²) in [6.07, 6.45) is 2.57. The quantitative estimate of drug-likeness (QED) is 0.437. The van der Waals surface area contributed by atoms with E-state index in [0.717, 1.165) is 19.4 Å². The lowest BCUT2D eigenvalue weighted by molar-refractivity contribution is 0.364. The van der Waals surface area contributed by atoms with E-state index in [1.54, 1.807) is 0 Å². The largest absolute Gasteiger partial charge is 0.294 e. The van der Waals surface area contributed by atoms with Gasteiger partial charge in [-0.3, -0.25) is 4.90 Å². The van der Waals surface area contributed by atoms with Gasteiger partial charge >= 0.3 is 0 Å². The molecule has 0 radical (unpaired) electrons. The summed E-state index contributed by atoms with van der Waals surface area (Å²) < 4.78 is 0. The summed E-state index contributed by atoms with van der Waals surface area (Å²) in [4.78, 5) is 1.96. The Hall–Kier alpha value is -1.06. The molecular formula is C8H13N3. The zero-order chi connectivity index (χ0) is 8.53. The summed E-state index contributed by atoms with van der Waals surface area (Å²) in [6.45, 7) is 1.39. The molecule has 0 rings (SSSR count). The molecule has 0 unspecified atom stereocenters. The molecule has 0 fully saturated rings. The van der Waals surface area contributed by atoms with Crippen LogP contribution in [0, 0.1) is 22.7 Å². The molecule has 0 heterocycles. The van der Waals surface area contributed by atoms with Crippen LogP contribution in [-0.4, -0.2) is 25.0 Å². The van der Waals surface area contributed by atoms with Gasteiger partial charge in [0.25, 0.3) is 0 Å². The van der Waals surface area contributed by atoms with Gasteiger partial charge in [0, 0.05) is 6.42 Å². The highest BCUT2D eigenvalue weighted by atomic mass is 15.1. The second-order valence-electron chi connectivity index (χ2n) is 2.51. The average molecular weight is 151 g/mol. The fourth-order valence-corrected chi connectivity index (χ4v) is 0.786. The topological polar surface area (TPSA) is 50.8 Å². The van der Waals surface area contributed by atoms with Gasteiger partial charge in [0.2, 0.25) is 0 Å². The van der Waals surface area contributed by atoms with Crippen molar-refractivity contribution < 1.29 is 0 Å². The molecule has 0 atom stereocenters. The Morgan fingerprint density at radius 3 is 2.45 bits per heavy atom. The molecule has 3 heteroatoms. The Labute approximate surface area is 67.8 Å². The molecule has 0 saturated carbocycles. The molecule has 0 amide bonds. The predicted octanol–water partition coefficient (Wildman–Crippen LogP) is 1.14. The fourth-order valence-electron chi connectivity index (χ4n) is 0.786. The van der Waals surface area contributed by atoms with Crippen LogP contribution >= 0.6 is 0 Å². The Morgan fingerprint density at radius 2 is 1.91 bits per heavy atom. The molecule has 0 aliphatic rings. The van der Waals surface area contributed by atoms with E-state index < -0.39 is 0 Å². The van der Waals surface area contributed by atoms with Crippen molar-refractivity contribution in [1.29, 1.82) is 10.5 Å². The van der Waals surface area contributed by atoms with Crippen LogP contribution in [0.15, 0.2) is 0 Å². The van der Waals surface area contributed by atoms with Crippen molar-refractivity contribution in [2.45, 2.75) is 19.3 Å². The molecule has 0 N–H and O–H groups in total. The third-order valence-corrected chi connectivity index (χ3v) is 1.42. The van der Waals surface area contributed by atoms with Crippen LogP contribution in [-0.2, 0) is 0 Å². The third kappa shape index (κ3) is 6.83. The van der Waals surface area contributed by atoms with Crippen molar-refractivity contribution in [2.75, 3.05) is 20.1 Å². The third-order valence-electron chi connectivity index (χ3n) is 1.42. The van der Waals surface area contributed by atoms with E-state index in [4.69, 9.17) is 10.5 Å².